The Morgan fingerprint density at radius 2 is 1.65 bits per heavy atom. The number of ether oxygens (including phenoxy) is 1. The first-order chi connectivity index (χ1) is 32.4. The van der Waals surface area contributed by atoms with Crippen LogP contribution in [0.5, 0.6) is 0 Å². The quantitative estimate of drug-likeness (QED) is 0.108. The van der Waals surface area contributed by atoms with Crippen molar-refractivity contribution in [2.75, 3.05) is 13.7 Å². The minimum Gasteiger partial charge on any atom is -0.469 e. The number of carbonyl (C=O) groups excluding carboxylic acids is 4. The van der Waals surface area contributed by atoms with Gasteiger partial charge in [0.1, 0.15) is 29.0 Å². The van der Waals surface area contributed by atoms with Gasteiger partial charge in [-0.15, -0.1) is 32.9 Å². The van der Waals surface area contributed by atoms with Gasteiger partial charge in [-0.05, 0) is 80.0 Å². The molecule has 2 aliphatic heterocycles. The number of aromatic nitrogens is 4. The number of esters is 1. The number of hydrogen-bond donors (Lipinski definition) is 3. The molecule has 17 heteroatoms. The summed E-state index contributed by atoms with van der Waals surface area (Å²) in [6.45, 7) is 15.2. The lowest BCUT2D eigenvalue weighted by atomic mass is 9.85. The van der Waals surface area contributed by atoms with Crippen LogP contribution in [-0.4, -0.2) is 91.0 Å². The number of methoxy groups -OCH3 is 1. The van der Waals surface area contributed by atoms with E-state index in [0.717, 1.165) is 53.8 Å². The number of aryl methyl sites for hydroxylation is 3. The summed E-state index contributed by atoms with van der Waals surface area (Å²) in [6, 6.07) is 19.5. The summed E-state index contributed by atoms with van der Waals surface area (Å²) in [6.07, 6.45) is -0.905. The largest absolute Gasteiger partial charge is 0.469 e. The normalized spacial score (nSPS) is 17.5. The van der Waals surface area contributed by atoms with Gasteiger partial charge in [-0.1, -0.05) is 75.4 Å². The molecule has 0 aliphatic carbocycles. The van der Waals surface area contributed by atoms with Gasteiger partial charge >= 0.3 is 5.97 Å². The van der Waals surface area contributed by atoms with E-state index < -0.39 is 53.3 Å². The minimum absolute atomic E-state index is 0.0245. The van der Waals surface area contributed by atoms with E-state index >= 15 is 0 Å². The zero-order valence-corrected chi connectivity index (χ0v) is 41.0. The molecule has 1 fully saturated rings. The van der Waals surface area contributed by atoms with Crippen molar-refractivity contribution in [1.82, 2.24) is 35.3 Å². The highest BCUT2D eigenvalue weighted by atomic mass is 32.1. The summed E-state index contributed by atoms with van der Waals surface area (Å²) < 4.78 is 7.00. The van der Waals surface area contributed by atoms with Crippen LogP contribution in [0.1, 0.15) is 113 Å². The van der Waals surface area contributed by atoms with E-state index in [0.29, 0.717) is 22.9 Å². The van der Waals surface area contributed by atoms with Crippen molar-refractivity contribution in [2.24, 2.45) is 10.4 Å². The van der Waals surface area contributed by atoms with Gasteiger partial charge in [-0.25, -0.2) is 4.98 Å². The van der Waals surface area contributed by atoms with Crippen LogP contribution >= 0.6 is 22.7 Å². The molecule has 0 spiro atoms. The number of aliphatic imine (C=N–C) groups is 1. The van der Waals surface area contributed by atoms with Crippen molar-refractivity contribution in [2.45, 2.75) is 98.5 Å². The Morgan fingerprint density at radius 3 is 2.29 bits per heavy atom. The monoisotopic (exact) mass is 951 g/mol. The average molecular weight is 952 g/mol. The highest BCUT2D eigenvalue weighted by Gasteiger charge is 2.45. The summed E-state index contributed by atoms with van der Waals surface area (Å²) in [7, 11) is 1.34. The molecule has 1 saturated heterocycles. The third-order valence-corrected chi connectivity index (χ3v) is 14.9. The minimum atomic E-state index is -1.08. The fourth-order valence-electron chi connectivity index (χ4n) is 8.83. The predicted molar refractivity (Wildman–Crippen MR) is 261 cm³/mol. The number of nitrogens with zero attached hydrogens (tertiary/aromatic N) is 7. The number of thiazole rings is 1. The van der Waals surface area contributed by atoms with Gasteiger partial charge in [0.15, 0.2) is 5.82 Å². The number of aliphatic hydroxyl groups excluding tert-OH is 1. The van der Waals surface area contributed by atoms with Gasteiger partial charge in [0, 0.05) is 34.5 Å². The molecule has 350 valence electrons. The molecular formula is C51H53N9O6S2. The molecular weight excluding hydrogens is 899 g/mol. The number of benzene rings is 3. The van der Waals surface area contributed by atoms with Crippen molar-refractivity contribution < 1.29 is 29.0 Å². The van der Waals surface area contributed by atoms with E-state index in [-0.39, 0.29) is 36.6 Å². The van der Waals surface area contributed by atoms with Crippen LogP contribution in [0, 0.1) is 44.4 Å². The molecule has 3 N–H and O–H groups in total. The SMILES string of the molecule is COC(=O)C[C@@H]1N=C(c2ccc(-c3ccc(C(=O)N[C@H](C(=O)N4C[C@H](O)C[C@H]4C(=O)N[C@@H](C)c4ccc(-c5scnc5C)cc4)C(C)(C)C)cc3C#N)cc2)c2c(sc(C)c2C)-n2c(C)nnc21. The van der Waals surface area contributed by atoms with E-state index in [9.17, 15) is 29.5 Å². The van der Waals surface area contributed by atoms with E-state index in [4.69, 9.17) is 9.73 Å². The highest BCUT2D eigenvalue weighted by molar-refractivity contribution is 7.15. The number of carbonyl (C=O) groups is 4. The molecule has 5 heterocycles. The summed E-state index contributed by atoms with van der Waals surface area (Å²) in [5, 5.41) is 36.8. The van der Waals surface area contributed by atoms with Crippen molar-refractivity contribution in [3.05, 3.63) is 128 Å². The van der Waals surface area contributed by atoms with Gasteiger partial charge in [-0.2, -0.15) is 5.26 Å². The van der Waals surface area contributed by atoms with Crippen LogP contribution in [0.3, 0.4) is 0 Å². The third kappa shape index (κ3) is 9.23. The van der Waals surface area contributed by atoms with Gasteiger partial charge < -0.3 is 25.4 Å². The maximum atomic E-state index is 14.4. The van der Waals surface area contributed by atoms with Crippen LogP contribution < -0.4 is 10.6 Å². The molecule has 15 nitrogen and oxygen atoms in total. The van der Waals surface area contributed by atoms with Crippen LogP contribution in [0.2, 0.25) is 0 Å². The molecule has 3 aromatic heterocycles. The van der Waals surface area contributed by atoms with Gasteiger partial charge in [-0.3, -0.25) is 28.7 Å². The zero-order valence-electron chi connectivity index (χ0n) is 39.4. The lowest BCUT2D eigenvalue weighted by Gasteiger charge is -2.35. The van der Waals surface area contributed by atoms with Crippen LogP contribution in [0.15, 0.2) is 77.2 Å². The molecule has 3 aromatic carbocycles. The van der Waals surface area contributed by atoms with E-state index in [1.54, 1.807) is 34.8 Å². The molecule has 68 heavy (non-hydrogen) atoms. The molecule has 8 rings (SSSR count). The second-order valence-electron chi connectivity index (χ2n) is 18.4. The predicted octanol–water partition coefficient (Wildman–Crippen LogP) is 7.66. The number of aliphatic hydroxyl groups is 1. The summed E-state index contributed by atoms with van der Waals surface area (Å²) in [5.74, 6) is -0.666. The zero-order chi connectivity index (χ0) is 48.8. The van der Waals surface area contributed by atoms with Gasteiger partial charge in [0.25, 0.3) is 5.91 Å². The first-order valence-corrected chi connectivity index (χ1v) is 24.0. The Bertz CT molecular complexity index is 3010. The molecule has 3 amide bonds. The maximum absolute atomic E-state index is 14.4. The Labute approximate surface area is 402 Å². The summed E-state index contributed by atoms with van der Waals surface area (Å²) >= 11 is 3.17. The van der Waals surface area contributed by atoms with Crippen LogP contribution in [-0.2, 0) is 19.1 Å². The van der Waals surface area contributed by atoms with Crippen LogP contribution in [0.25, 0.3) is 26.6 Å². The van der Waals surface area contributed by atoms with E-state index in [2.05, 4.69) is 38.8 Å². The van der Waals surface area contributed by atoms with Gasteiger partial charge in [0.05, 0.1) is 59.1 Å². The maximum Gasteiger partial charge on any atom is 0.308 e. The van der Waals surface area contributed by atoms with Crippen molar-refractivity contribution in [1.29, 1.82) is 5.26 Å². The molecule has 0 radical (unpaired) electrons. The fraction of sp³-hybridized carbons (Fsp3) is 0.353. The number of nitriles is 1. The van der Waals surface area contributed by atoms with Crippen molar-refractivity contribution >= 4 is 52.1 Å². The van der Waals surface area contributed by atoms with E-state index in [1.165, 1.54) is 18.1 Å². The summed E-state index contributed by atoms with van der Waals surface area (Å²) in [5.41, 5.74) is 9.06. The Balaban J connectivity index is 0.999. The summed E-state index contributed by atoms with van der Waals surface area (Å²) in [4.78, 5) is 67.9. The Morgan fingerprint density at radius 1 is 0.956 bits per heavy atom. The molecule has 2 aliphatic rings. The standard InChI is InChI=1S/C51H53N9O6S2/c1-26-29(4)68-50-42(26)43(55-39(22-41(62)66-9)46-58-57-30(5)60(46)50)33-14-12-32(13-15-33)38-19-18-35(20-36(38)23-52)47(63)56-45(51(6,7)8)49(65)59-24-37(61)21-40(59)48(64)54-27(2)31-10-16-34(17-11-31)44-28(3)53-25-67-44/h10-20,25,27,37,39-40,45,61H,21-22,24H2,1-9H3,(H,54,64)(H,56,63)/t27-,37+,39-,40-,45+/m0/s1. The Kier molecular flexibility index (Phi) is 13.3. The second-order valence-corrected chi connectivity index (χ2v) is 20.5. The lowest BCUT2D eigenvalue weighted by molar-refractivity contribution is -0.142. The number of hydrogen-bond acceptors (Lipinski definition) is 13. The first-order valence-electron chi connectivity index (χ1n) is 22.3. The molecule has 5 atom stereocenters. The highest BCUT2D eigenvalue weighted by Crippen LogP contribution is 2.40. The smallest absolute Gasteiger partial charge is 0.308 e. The first kappa shape index (κ1) is 47.6. The van der Waals surface area contributed by atoms with Crippen molar-refractivity contribution in [3.63, 3.8) is 0 Å². The number of likely N-dealkylation sites (tertiary alicyclic amines) is 1. The Hall–Kier alpha value is -6.87. The van der Waals surface area contributed by atoms with E-state index in [1.807, 2.05) is 107 Å². The number of fused-ring (bicyclic) bond motifs is 3. The average Bonchev–Trinajstić information content (AvgIpc) is 4.09. The topological polar surface area (TPSA) is 205 Å². The number of rotatable bonds is 11. The second kappa shape index (κ2) is 19.0. The van der Waals surface area contributed by atoms with Crippen LogP contribution in [0.4, 0.5) is 0 Å². The lowest BCUT2D eigenvalue weighted by Crippen LogP contribution is -2.57. The van der Waals surface area contributed by atoms with Gasteiger partial charge in [0.2, 0.25) is 11.8 Å². The fourth-order valence-corrected chi connectivity index (χ4v) is 10.9. The number of nitrogens with one attached hydrogen (secondary N) is 2. The molecule has 6 aromatic rings. The molecule has 0 bridgehead atoms. The number of amides is 3. The van der Waals surface area contributed by atoms with Crippen molar-refractivity contribution in [3.8, 4) is 32.6 Å². The number of β-amino-alcohol motifs (C(OH)–C–C–N with tert-alkyl or cyclic N) is 1. The number of thiophene rings is 1. The molecule has 0 unspecified atom stereocenters. The third-order valence-electron chi connectivity index (χ3n) is 12.7. The molecule has 0 saturated carbocycles.